The Hall–Kier alpha value is -1.48. The van der Waals surface area contributed by atoms with E-state index in [2.05, 4.69) is 66.3 Å². The molecule has 3 heteroatoms. The number of rotatable bonds is 5. The molecule has 0 saturated carbocycles. The Morgan fingerprint density at radius 1 is 1.10 bits per heavy atom. The van der Waals surface area contributed by atoms with Crippen LogP contribution in [0, 0.1) is 13.8 Å². The summed E-state index contributed by atoms with van der Waals surface area (Å²) in [5.74, 6) is 0.902. The third kappa shape index (κ3) is 4.24. The summed E-state index contributed by atoms with van der Waals surface area (Å²) in [7, 11) is 1.69. The summed E-state index contributed by atoms with van der Waals surface area (Å²) in [5, 5.41) is 3.63. The first-order valence-electron chi connectivity index (χ1n) is 7.16. The molecule has 2 aromatic rings. The van der Waals surface area contributed by atoms with E-state index in [0.717, 1.165) is 16.6 Å². The van der Waals surface area contributed by atoms with Crippen molar-refractivity contribution in [1.29, 1.82) is 0 Å². The third-order valence-electron chi connectivity index (χ3n) is 3.59. The van der Waals surface area contributed by atoms with Crippen LogP contribution in [0.25, 0.3) is 0 Å². The van der Waals surface area contributed by atoms with Crippen molar-refractivity contribution >= 4 is 21.6 Å². The first-order chi connectivity index (χ1) is 9.99. The van der Waals surface area contributed by atoms with Gasteiger partial charge in [-0.1, -0.05) is 28.1 Å². The van der Waals surface area contributed by atoms with Gasteiger partial charge in [0.25, 0.3) is 0 Å². The third-order valence-corrected chi connectivity index (χ3v) is 4.05. The molecule has 0 heterocycles. The van der Waals surface area contributed by atoms with E-state index < -0.39 is 0 Å². The number of anilines is 1. The summed E-state index contributed by atoms with van der Waals surface area (Å²) < 4.78 is 6.32. The molecule has 2 aromatic carbocycles. The maximum absolute atomic E-state index is 5.19. The molecular formula is C18H22BrNO. The van der Waals surface area contributed by atoms with Gasteiger partial charge in [-0.25, -0.2) is 0 Å². The van der Waals surface area contributed by atoms with Crippen molar-refractivity contribution in [3.05, 3.63) is 57.6 Å². The fraction of sp³-hybridized carbons (Fsp3) is 0.333. The van der Waals surface area contributed by atoms with E-state index in [1.807, 2.05) is 12.1 Å². The molecule has 0 aliphatic rings. The average molecular weight is 348 g/mol. The molecular weight excluding hydrogens is 326 g/mol. The molecule has 2 nitrogen and oxygen atoms in total. The fourth-order valence-corrected chi connectivity index (χ4v) is 3.24. The number of hydrogen-bond acceptors (Lipinski definition) is 2. The monoisotopic (exact) mass is 347 g/mol. The molecule has 1 unspecified atom stereocenters. The lowest BCUT2D eigenvalue weighted by Gasteiger charge is -2.19. The lowest BCUT2D eigenvalue weighted by molar-refractivity contribution is 0.414. The van der Waals surface area contributed by atoms with Gasteiger partial charge in [0.15, 0.2) is 0 Å². The molecule has 0 aromatic heterocycles. The quantitative estimate of drug-likeness (QED) is 0.810. The van der Waals surface area contributed by atoms with Crippen LogP contribution in [0.3, 0.4) is 0 Å². The van der Waals surface area contributed by atoms with Gasteiger partial charge in [0.1, 0.15) is 5.75 Å². The van der Waals surface area contributed by atoms with E-state index in [9.17, 15) is 0 Å². The van der Waals surface area contributed by atoms with Crippen LogP contribution in [0.1, 0.15) is 23.6 Å². The van der Waals surface area contributed by atoms with Crippen LogP contribution >= 0.6 is 15.9 Å². The van der Waals surface area contributed by atoms with Gasteiger partial charge < -0.3 is 10.1 Å². The first kappa shape index (κ1) is 15.9. The first-order valence-corrected chi connectivity index (χ1v) is 7.95. The Bertz CT molecular complexity index is 584. The van der Waals surface area contributed by atoms with E-state index in [1.54, 1.807) is 7.11 Å². The summed E-state index contributed by atoms with van der Waals surface area (Å²) >= 11 is 3.54. The second-order valence-corrected chi connectivity index (χ2v) is 6.43. The van der Waals surface area contributed by atoms with Gasteiger partial charge in [-0.3, -0.25) is 0 Å². The van der Waals surface area contributed by atoms with E-state index >= 15 is 0 Å². The van der Waals surface area contributed by atoms with Crippen LogP contribution in [0.4, 0.5) is 5.69 Å². The molecule has 0 aliphatic heterocycles. The zero-order chi connectivity index (χ0) is 15.4. The van der Waals surface area contributed by atoms with E-state index in [0.29, 0.717) is 6.04 Å². The van der Waals surface area contributed by atoms with Crippen molar-refractivity contribution in [2.24, 2.45) is 0 Å². The molecule has 0 spiro atoms. The summed E-state index contributed by atoms with van der Waals surface area (Å²) in [4.78, 5) is 0. The molecule has 21 heavy (non-hydrogen) atoms. The maximum atomic E-state index is 5.19. The largest absolute Gasteiger partial charge is 0.497 e. The number of hydrogen-bond donors (Lipinski definition) is 1. The molecule has 0 bridgehead atoms. The van der Waals surface area contributed by atoms with Crippen molar-refractivity contribution in [2.75, 3.05) is 12.4 Å². The smallest absolute Gasteiger partial charge is 0.118 e. The standard InChI is InChI=1S/C18H22BrNO/c1-12-9-16(19)10-13(2)18(12)20-14(3)11-15-5-7-17(21-4)8-6-15/h5-10,14,20H,11H2,1-4H3. The fourth-order valence-electron chi connectivity index (χ4n) is 2.55. The Morgan fingerprint density at radius 2 is 1.67 bits per heavy atom. The molecule has 0 aliphatic carbocycles. The summed E-state index contributed by atoms with van der Waals surface area (Å²) in [5.41, 5.74) is 5.08. The minimum Gasteiger partial charge on any atom is -0.497 e. The van der Waals surface area contributed by atoms with Crippen LogP contribution in [0.15, 0.2) is 40.9 Å². The highest BCUT2D eigenvalue weighted by Gasteiger charge is 2.09. The molecule has 1 N–H and O–H groups in total. The zero-order valence-electron chi connectivity index (χ0n) is 13.0. The van der Waals surface area contributed by atoms with Gasteiger partial charge >= 0.3 is 0 Å². The highest BCUT2D eigenvalue weighted by atomic mass is 79.9. The highest BCUT2D eigenvalue weighted by Crippen LogP contribution is 2.26. The Morgan fingerprint density at radius 3 is 2.19 bits per heavy atom. The van der Waals surface area contributed by atoms with Gasteiger partial charge in [-0.2, -0.15) is 0 Å². The molecule has 0 fully saturated rings. The number of ether oxygens (including phenoxy) is 1. The number of aryl methyl sites for hydroxylation is 2. The van der Waals surface area contributed by atoms with Crippen molar-refractivity contribution in [3.63, 3.8) is 0 Å². The summed E-state index contributed by atoms with van der Waals surface area (Å²) in [6.07, 6.45) is 0.985. The zero-order valence-corrected chi connectivity index (χ0v) is 14.6. The Labute approximate surface area is 135 Å². The van der Waals surface area contributed by atoms with Crippen LogP contribution in [-0.4, -0.2) is 13.2 Å². The van der Waals surface area contributed by atoms with Gasteiger partial charge in [0, 0.05) is 16.2 Å². The summed E-state index contributed by atoms with van der Waals surface area (Å²) in [6, 6.07) is 12.9. The topological polar surface area (TPSA) is 21.3 Å². The van der Waals surface area contributed by atoms with Crippen molar-refractivity contribution in [2.45, 2.75) is 33.2 Å². The minimum atomic E-state index is 0.372. The Kier molecular flexibility index (Phi) is 5.29. The van der Waals surface area contributed by atoms with Crippen LogP contribution in [0.5, 0.6) is 5.75 Å². The summed E-state index contributed by atoms with van der Waals surface area (Å²) in [6.45, 7) is 6.49. The highest BCUT2D eigenvalue weighted by molar-refractivity contribution is 9.10. The maximum Gasteiger partial charge on any atom is 0.118 e. The second kappa shape index (κ2) is 6.99. The number of halogens is 1. The number of methoxy groups -OCH3 is 1. The molecule has 1 atom stereocenters. The SMILES string of the molecule is COc1ccc(CC(C)Nc2c(C)cc(Br)cc2C)cc1. The van der Waals surface area contributed by atoms with Crippen molar-refractivity contribution < 1.29 is 4.74 Å². The normalized spacial score (nSPS) is 12.0. The number of benzene rings is 2. The van der Waals surface area contributed by atoms with Gasteiger partial charge in [-0.15, -0.1) is 0 Å². The van der Waals surface area contributed by atoms with Crippen LogP contribution < -0.4 is 10.1 Å². The molecule has 0 saturated heterocycles. The lowest BCUT2D eigenvalue weighted by atomic mass is 10.0. The van der Waals surface area contributed by atoms with Gasteiger partial charge in [0.2, 0.25) is 0 Å². The van der Waals surface area contributed by atoms with Crippen LogP contribution in [-0.2, 0) is 6.42 Å². The predicted octanol–water partition coefficient (Wildman–Crippen LogP) is 5.12. The van der Waals surface area contributed by atoms with Crippen LogP contribution in [0.2, 0.25) is 0 Å². The molecule has 112 valence electrons. The average Bonchev–Trinajstić information content (AvgIpc) is 2.43. The van der Waals surface area contributed by atoms with E-state index in [1.165, 1.54) is 22.4 Å². The molecule has 2 rings (SSSR count). The number of nitrogens with one attached hydrogen (secondary N) is 1. The molecule has 0 radical (unpaired) electrons. The molecule has 0 amide bonds. The second-order valence-electron chi connectivity index (χ2n) is 5.51. The van der Waals surface area contributed by atoms with Gasteiger partial charge in [0.05, 0.1) is 7.11 Å². The van der Waals surface area contributed by atoms with Crippen molar-refractivity contribution in [3.8, 4) is 5.75 Å². The minimum absolute atomic E-state index is 0.372. The predicted molar refractivity (Wildman–Crippen MR) is 93.4 cm³/mol. The van der Waals surface area contributed by atoms with E-state index in [-0.39, 0.29) is 0 Å². The Balaban J connectivity index is 2.06. The van der Waals surface area contributed by atoms with Crippen molar-refractivity contribution in [1.82, 2.24) is 0 Å². The van der Waals surface area contributed by atoms with E-state index in [4.69, 9.17) is 4.74 Å². The lowest BCUT2D eigenvalue weighted by Crippen LogP contribution is -2.19. The van der Waals surface area contributed by atoms with Gasteiger partial charge in [-0.05, 0) is 68.1 Å².